The molecule has 0 spiro atoms. The number of thiazole rings is 2. The smallest absolute Gasteiger partial charge is 0.289 e. The molecule has 2 aromatic heterocycles. The van der Waals surface area contributed by atoms with Gasteiger partial charge in [0.1, 0.15) is 11.3 Å². The highest BCUT2D eigenvalue weighted by atomic mass is 32.1. The topological polar surface area (TPSA) is 55.3 Å². The van der Waals surface area contributed by atoms with Gasteiger partial charge in [-0.05, 0) is 36.2 Å². The number of aryl methyl sites for hydroxylation is 1. The summed E-state index contributed by atoms with van der Waals surface area (Å²) in [6, 6.07) is 21.7. The zero-order chi connectivity index (χ0) is 21.4. The maximum absolute atomic E-state index is 13.6. The molecule has 0 aliphatic rings. The Labute approximate surface area is 187 Å². The van der Waals surface area contributed by atoms with Crippen molar-refractivity contribution < 1.29 is 9.53 Å². The second-order valence-electron chi connectivity index (χ2n) is 7.12. The molecule has 0 bridgehead atoms. The van der Waals surface area contributed by atoms with Crippen LogP contribution in [0.4, 0.5) is 5.13 Å². The number of methoxy groups -OCH3 is 1. The van der Waals surface area contributed by atoms with Crippen molar-refractivity contribution in [3.8, 4) is 5.75 Å². The summed E-state index contributed by atoms with van der Waals surface area (Å²) >= 11 is 2.91. The van der Waals surface area contributed by atoms with Crippen molar-refractivity contribution in [3.05, 3.63) is 82.9 Å². The van der Waals surface area contributed by atoms with Gasteiger partial charge in [-0.3, -0.25) is 9.69 Å². The molecule has 0 aliphatic carbocycles. The molecule has 0 atom stereocenters. The van der Waals surface area contributed by atoms with Gasteiger partial charge in [0.15, 0.2) is 10.1 Å². The van der Waals surface area contributed by atoms with Gasteiger partial charge in [-0.2, -0.15) is 0 Å². The Kier molecular flexibility index (Phi) is 5.13. The van der Waals surface area contributed by atoms with Crippen LogP contribution in [0.15, 0.2) is 66.7 Å². The largest absolute Gasteiger partial charge is 0.494 e. The number of hydrogen-bond acceptors (Lipinski definition) is 6. The Morgan fingerprint density at radius 2 is 1.74 bits per heavy atom. The molecule has 5 nitrogen and oxygen atoms in total. The molecule has 5 rings (SSSR count). The van der Waals surface area contributed by atoms with Crippen molar-refractivity contribution in [2.75, 3.05) is 12.0 Å². The Morgan fingerprint density at radius 3 is 2.52 bits per heavy atom. The fourth-order valence-corrected chi connectivity index (χ4v) is 5.41. The fourth-order valence-electron chi connectivity index (χ4n) is 3.45. The van der Waals surface area contributed by atoms with Crippen LogP contribution < -0.4 is 9.64 Å². The molecule has 0 N–H and O–H groups in total. The summed E-state index contributed by atoms with van der Waals surface area (Å²) in [5.74, 6) is 0.552. The van der Waals surface area contributed by atoms with Gasteiger partial charge in [0.2, 0.25) is 0 Å². The zero-order valence-corrected chi connectivity index (χ0v) is 18.7. The lowest BCUT2D eigenvalue weighted by molar-refractivity contribution is 0.0985. The van der Waals surface area contributed by atoms with Gasteiger partial charge in [-0.1, -0.05) is 59.9 Å². The monoisotopic (exact) mass is 445 g/mol. The quantitative estimate of drug-likeness (QED) is 0.329. The van der Waals surface area contributed by atoms with Gasteiger partial charge in [0.05, 0.1) is 28.6 Å². The molecule has 31 heavy (non-hydrogen) atoms. The van der Waals surface area contributed by atoms with Crippen molar-refractivity contribution in [1.29, 1.82) is 0 Å². The van der Waals surface area contributed by atoms with E-state index in [0.717, 1.165) is 31.6 Å². The molecule has 7 heteroatoms. The van der Waals surface area contributed by atoms with Gasteiger partial charge >= 0.3 is 0 Å². The molecule has 0 fully saturated rings. The van der Waals surface area contributed by atoms with E-state index in [2.05, 4.69) is 4.98 Å². The van der Waals surface area contributed by atoms with Gasteiger partial charge < -0.3 is 4.74 Å². The van der Waals surface area contributed by atoms with Crippen LogP contribution in [0.1, 0.15) is 20.9 Å². The van der Waals surface area contributed by atoms with Crippen LogP contribution in [0.2, 0.25) is 0 Å². The van der Waals surface area contributed by atoms with Crippen LogP contribution in [0.25, 0.3) is 20.4 Å². The molecule has 5 aromatic rings. The number of carbonyl (C=O) groups is 1. The van der Waals surface area contributed by atoms with E-state index in [1.54, 1.807) is 12.0 Å². The summed E-state index contributed by atoms with van der Waals surface area (Å²) in [7, 11) is 1.64. The van der Waals surface area contributed by atoms with Crippen LogP contribution in [0.3, 0.4) is 0 Å². The Hall–Kier alpha value is -3.29. The van der Waals surface area contributed by atoms with Crippen molar-refractivity contribution >= 4 is 54.1 Å². The molecular weight excluding hydrogens is 426 g/mol. The highest BCUT2D eigenvalue weighted by molar-refractivity contribution is 7.23. The first-order valence-corrected chi connectivity index (χ1v) is 11.4. The molecule has 1 amide bonds. The van der Waals surface area contributed by atoms with Crippen molar-refractivity contribution in [1.82, 2.24) is 9.97 Å². The number of fused-ring (bicyclic) bond motifs is 2. The third-order valence-electron chi connectivity index (χ3n) is 5.05. The van der Waals surface area contributed by atoms with E-state index in [1.165, 1.54) is 22.7 Å². The molecule has 0 radical (unpaired) electrons. The first-order valence-electron chi connectivity index (χ1n) is 9.79. The lowest BCUT2D eigenvalue weighted by Gasteiger charge is -2.18. The minimum absolute atomic E-state index is 0.152. The standard InChI is InChI=1S/C24H19N3O2S2/c1-15-12-13-18(29-2)20-21(15)31-24(26-20)27(14-16-8-4-3-5-9-16)23(28)22-25-17-10-6-7-11-19(17)30-22/h3-13H,14H2,1-2H3. The number of aromatic nitrogens is 2. The highest BCUT2D eigenvalue weighted by Gasteiger charge is 2.25. The summed E-state index contributed by atoms with van der Waals surface area (Å²) < 4.78 is 7.52. The highest BCUT2D eigenvalue weighted by Crippen LogP contribution is 2.37. The van der Waals surface area contributed by atoms with E-state index in [0.29, 0.717) is 22.4 Å². The first kappa shape index (κ1) is 19.7. The third-order valence-corrected chi connectivity index (χ3v) is 7.29. The minimum atomic E-state index is -0.152. The number of rotatable bonds is 5. The van der Waals surface area contributed by atoms with Crippen LogP contribution in [0.5, 0.6) is 5.75 Å². The number of carbonyl (C=O) groups excluding carboxylic acids is 1. The summed E-state index contributed by atoms with van der Waals surface area (Å²) in [6.45, 7) is 2.46. The van der Waals surface area contributed by atoms with E-state index in [1.807, 2.05) is 73.7 Å². The number of anilines is 1. The average molecular weight is 446 g/mol. The average Bonchev–Trinajstić information content (AvgIpc) is 3.43. The van der Waals surface area contributed by atoms with Crippen molar-refractivity contribution in [3.63, 3.8) is 0 Å². The van der Waals surface area contributed by atoms with E-state index < -0.39 is 0 Å². The van der Waals surface area contributed by atoms with Gasteiger partial charge in [-0.15, -0.1) is 11.3 Å². The summed E-state index contributed by atoms with van der Waals surface area (Å²) in [5, 5.41) is 1.09. The van der Waals surface area contributed by atoms with Crippen LogP contribution in [-0.2, 0) is 6.54 Å². The molecule has 3 aromatic carbocycles. The normalized spacial score (nSPS) is 11.2. The number of hydrogen-bond donors (Lipinski definition) is 0. The summed E-state index contributed by atoms with van der Waals surface area (Å²) in [6.07, 6.45) is 0. The molecule has 0 unspecified atom stereocenters. The van der Waals surface area contributed by atoms with Crippen LogP contribution >= 0.6 is 22.7 Å². The zero-order valence-electron chi connectivity index (χ0n) is 17.0. The van der Waals surface area contributed by atoms with Crippen molar-refractivity contribution in [2.45, 2.75) is 13.5 Å². The van der Waals surface area contributed by atoms with Crippen molar-refractivity contribution in [2.24, 2.45) is 0 Å². The van der Waals surface area contributed by atoms with Crippen LogP contribution in [-0.4, -0.2) is 23.0 Å². The maximum Gasteiger partial charge on any atom is 0.289 e. The third kappa shape index (κ3) is 3.66. The summed E-state index contributed by atoms with van der Waals surface area (Å²) in [4.78, 5) is 24.8. The number of ether oxygens (including phenoxy) is 1. The minimum Gasteiger partial charge on any atom is -0.494 e. The lowest BCUT2D eigenvalue weighted by atomic mass is 10.2. The second kappa shape index (κ2) is 8.09. The maximum atomic E-state index is 13.6. The molecule has 0 aliphatic heterocycles. The summed E-state index contributed by atoms with van der Waals surface area (Å²) in [5.41, 5.74) is 3.74. The molecule has 0 saturated carbocycles. The molecular formula is C24H19N3O2S2. The predicted octanol–water partition coefficient (Wildman–Crippen LogP) is 6.07. The fraction of sp³-hybridized carbons (Fsp3) is 0.125. The Bertz CT molecular complexity index is 1360. The van der Waals surface area contributed by atoms with E-state index in [-0.39, 0.29) is 5.91 Å². The SMILES string of the molecule is COc1ccc(C)c2sc(N(Cc3ccccc3)C(=O)c3nc4ccccc4s3)nc12. The number of nitrogens with zero attached hydrogens (tertiary/aromatic N) is 3. The number of para-hydroxylation sites is 1. The number of amides is 1. The van der Waals surface area contributed by atoms with E-state index in [4.69, 9.17) is 9.72 Å². The van der Waals surface area contributed by atoms with E-state index in [9.17, 15) is 4.79 Å². The lowest BCUT2D eigenvalue weighted by Crippen LogP contribution is -2.30. The second-order valence-corrected chi connectivity index (χ2v) is 9.13. The molecule has 154 valence electrons. The number of benzene rings is 3. The molecule has 2 heterocycles. The van der Waals surface area contributed by atoms with Gasteiger partial charge in [0, 0.05) is 0 Å². The Morgan fingerprint density at radius 1 is 0.968 bits per heavy atom. The molecule has 0 saturated heterocycles. The van der Waals surface area contributed by atoms with Gasteiger partial charge in [0.25, 0.3) is 5.91 Å². The Balaban J connectivity index is 1.62. The van der Waals surface area contributed by atoms with Crippen LogP contribution in [0, 0.1) is 6.92 Å². The predicted molar refractivity (Wildman–Crippen MR) is 127 cm³/mol. The van der Waals surface area contributed by atoms with Gasteiger partial charge in [-0.25, -0.2) is 9.97 Å². The van der Waals surface area contributed by atoms with E-state index >= 15 is 0 Å². The first-order chi connectivity index (χ1) is 15.1.